The monoisotopic (exact) mass is 253 g/mol. The summed E-state index contributed by atoms with van der Waals surface area (Å²) >= 11 is 0. The predicted molar refractivity (Wildman–Crippen MR) is 62.5 cm³/mol. The normalized spacial score (nSPS) is 18.9. The fraction of sp³-hybridized carbons (Fsp3) is 0.545. The number of piperazine rings is 1. The smallest absolute Gasteiger partial charge is 0.305 e. The molecule has 98 valence electrons. The van der Waals surface area contributed by atoms with Gasteiger partial charge in [-0.1, -0.05) is 5.92 Å². The van der Waals surface area contributed by atoms with Gasteiger partial charge in [0.25, 0.3) is 0 Å². The number of aliphatic carboxylic acids is 1. The molecule has 0 radical (unpaired) electrons. The van der Waals surface area contributed by atoms with E-state index in [9.17, 15) is 14.4 Å². The molecule has 1 rings (SSSR count). The van der Waals surface area contributed by atoms with E-state index >= 15 is 0 Å². The van der Waals surface area contributed by atoms with Crippen molar-refractivity contribution in [2.75, 3.05) is 26.2 Å². The third-order valence-electron chi connectivity index (χ3n) is 2.52. The number of nitrogens with zero attached hydrogens (tertiary/aromatic N) is 1. The summed E-state index contributed by atoms with van der Waals surface area (Å²) in [5.74, 6) is 0.440. The number of carbonyl (C=O) groups is 3. The number of carboxylic acid groups (broad SMARTS) is 1. The van der Waals surface area contributed by atoms with Crippen LogP contribution >= 0.6 is 0 Å². The molecule has 0 saturated carbocycles. The number of carbonyl (C=O) groups excluding carboxylic acids is 2. The number of terminal acetylenes is 1. The predicted octanol–water partition coefficient (Wildman–Crippen LogP) is -1.99. The van der Waals surface area contributed by atoms with E-state index in [1.165, 1.54) is 4.90 Å². The quantitative estimate of drug-likeness (QED) is 0.389. The highest BCUT2D eigenvalue weighted by molar-refractivity contribution is 5.92. The third-order valence-corrected chi connectivity index (χ3v) is 2.52. The van der Waals surface area contributed by atoms with Crippen molar-refractivity contribution in [1.29, 1.82) is 0 Å². The Morgan fingerprint density at radius 1 is 1.61 bits per heavy atom. The molecule has 0 bridgehead atoms. The Bertz CT molecular complexity index is 388. The van der Waals surface area contributed by atoms with Crippen molar-refractivity contribution < 1.29 is 19.5 Å². The maximum atomic E-state index is 11.8. The van der Waals surface area contributed by atoms with Gasteiger partial charge in [-0.2, -0.15) is 0 Å². The first-order valence-corrected chi connectivity index (χ1v) is 5.49. The van der Waals surface area contributed by atoms with Crippen molar-refractivity contribution in [2.24, 2.45) is 0 Å². The SMILES string of the molecule is C#CCNCC(=O)N1CCNC(=O)C1CC(=O)O. The first kappa shape index (κ1) is 14.0. The molecule has 1 atom stereocenters. The molecule has 0 aromatic heterocycles. The van der Waals surface area contributed by atoms with Crippen LogP contribution in [0.4, 0.5) is 0 Å². The maximum Gasteiger partial charge on any atom is 0.305 e. The zero-order valence-corrected chi connectivity index (χ0v) is 9.81. The Hall–Kier alpha value is -2.07. The van der Waals surface area contributed by atoms with Crippen LogP contribution in [0.1, 0.15) is 6.42 Å². The van der Waals surface area contributed by atoms with Crippen molar-refractivity contribution in [2.45, 2.75) is 12.5 Å². The van der Waals surface area contributed by atoms with Gasteiger partial charge in [-0.25, -0.2) is 0 Å². The number of carboxylic acids is 1. The first-order chi connectivity index (χ1) is 8.56. The summed E-state index contributed by atoms with van der Waals surface area (Å²) in [4.78, 5) is 35.3. The minimum absolute atomic E-state index is 0.00635. The molecule has 0 aromatic carbocycles. The van der Waals surface area contributed by atoms with Crippen molar-refractivity contribution in [1.82, 2.24) is 15.5 Å². The van der Waals surface area contributed by atoms with Crippen LogP contribution < -0.4 is 10.6 Å². The van der Waals surface area contributed by atoms with Crippen LogP contribution in [0.25, 0.3) is 0 Å². The molecular weight excluding hydrogens is 238 g/mol. The van der Waals surface area contributed by atoms with E-state index in [4.69, 9.17) is 11.5 Å². The summed E-state index contributed by atoms with van der Waals surface area (Å²) < 4.78 is 0. The van der Waals surface area contributed by atoms with E-state index in [-0.39, 0.29) is 19.0 Å². The molecule has 7 heteroatoms. The number of amides is 2. The Morgan fingerprint density at radius 3 is 2.94 bits per heavy atom. The lowest BCUT2D eigenvalue weighted by atomic mass is 10.1. The highest BCUT2D eigenvalue weighted by Crippen LogP contribution is 2.09. The molecule has 1 aliphatic rings. The van der Waals surface area contributed by atoms with Crippen molar-refractivity contribution in [3.05, 3.63) is 0 Å². The molecule has 1 aliphatic heterocycles. The van der Waals surface area contributed by atoms with Crippen LogP contribution in [0.15, 0.2) is 0 Å². The van der Waals surface area contributed by atoms with Crippen LogP contribution in [-0.4, -0.2) is 60.0 Å². The number of hydrogen-bond acceptors (Lipinski definition) is 4. The summed E-state index contributed by atoms with van der Waals surface area (Å²) in [6.07, 6.45) is 4.63. The molecule has 0 aliphatic carbocycles. The summed E-state index contributed by atoms with van der Waals surface area (Å²) in [6.45, 7) is 0.874. The topological polar surface area (TPSA) is 98.7 Å². The lowest BCUT2D eigenvalue weighted by molar-refractivity contribution is -0.148. The minimum Gasteiger partial charge on any atom is -0.481 e. The molecule has 1 heterocycles. The fourth-order valence-corrected chi connectivity index (χ4v) is 1.72. The highest BCUT2D eigenvalue weighted by atomic mass is 16.4. The standard InChI is InChI=1S/C11H15N3O4/c1-2-3-12-7-9(15)14-5-4-13-11(18)8(14)6-10(16)17/h1,8,12H,3-7H2,(H,13,18)(H,16,17). The molecule has 0 aromatic rings. The number of rotatable bonds is 5. The Morgan fingerprint density at radius 2 is 2.33 bits per heavy atom. The van der Waals surface area contributed by atoms with Crippen LogP contribution in [0.5, 0.6) is 0 Å². The van der Waals surface area contributed by atoms with Gasteiger partial charge in [0.15, 0.2) is 0 Å². The van der Waals surface area contributed by atoms with Crippen molar-refractivity contribution >= 4 is 17.8 Å². The Kier molecular flexibility index (Phi) is 5.14. The van der Waals surface area contributed by atoms with Crippen LogP contribution in [0, 0.1) is 12.3 Å². The van der Waals surface area contributed by atoms with E-state index < -0.39 is 24.3 Å². The molecule has 7 nitrogen and oxygen atoms in total. The lowest BCUT2D eigenvalue weighted by Gasteiger charge is -2.34. The maximum absolute atomic E-state index is 11.8. The Balaban J connectivity index is 2.64. The summed E-state index contributed by atoms with van der Waals surface area (Å²) in [5.41, 5.74) is 0. The van der Waals surface area contributed by atoms with E-state index in [1.807, 2.05) is 0 Å². The van der Waals surface area contributed by atoms with E-state index in [0.717, 1.165) is 0 Å². The molecule has 2 amide bonds. The molecule has 18 heavy (non-hydrogen) atoms. The highest BCUT2D eigenvalue weighted by Gasteiger charge is 2.34. The second-order valence-electron chi connectivity index (χ2n) is 3.80. The van der Waals surface area contributed by atoms with Crippen molar-refractivity contribution in [3.63, 3.8) is 0 Å². The second-order valence-corrected chi connectivity index (χ2v) is 3.80. The number of hydrogen-bond donors (Lipinski definition) is 3. The first-order valence-electron chi connectivity index (χ1n) is 5.49. The van der Waals surface area contributed by atoms with E-state index in [1.54, 1.807) is 0 Å². The minimum atomic E-state index is -1.12. The second kappa shape index (κ2) is 6.61. The number of nitrogens with one attached hydrogen (secondary N) is 2. The largest absolute Gasteiger partial charge is 0.481 e. The van der Waals surface area contributed by atoms with Gasteiger partial charge >= 0.3 is 5.97 Å². The molecule has 1 unspecified atom stereocenters. The Labute approximate surface area is 105 Å². The van der Waals surface area contributed by atoms with Gasteiger partial charge in [0.2, 0.25) is 11.8 Å². The zero-order valence-electron chi connectivity index (χ0n) is 9.81. The molecule has 1 saturated heterocycles. The lowest BCUT2D eigenvalue weighted by Crippen LogP contribution is -2.59. The summed E-state index contributed by atoms with van der Waals surface area (Å²) in [6, 6.07) is -0.948. The zero-order chi connectivity index (χ0) is 13.5. The van der Waals surface area contributed by atoms with Gasteiger partial charge in [-0.15, -0.1) is 6.42 Å². The van der Waals surface area contributed by atoms with E-state index in [2.05, 4.69) is 16.6 Å². The fourth-order valence-electron chi connectivity index (χ4n) is 1.72. The average molecular weight is 253 g/mol. The molecular formula is C11H15N3O4. The van der Waals surface area contributed by atoms with Gasteiger partial charge in [-0.05, 0) is 0 Å². The van der Waals surface area contributed by atoms with Gasteiger partial charge in [0.1, 0.15) is 6.04 Å². The third kappa shape index (κ3) is 3.75. The van der Waals surface area contributed by atoms with E-state index in [0.29, 0.717) is 13.1 Å². The van der Waals surface area contributed by atoms with Gasteiger partial charge in [-0.3, -0.25) is 19.7 Å². The molecule has 3 N–H and O–H groups in total. The molecule has 0 spiro atoms. The van der Waals surface area contributed by atoms with Crippen LogP contribution in [-0.2, 0) is 14.4 Å². The average Bonchev–Trinajstić information content (AvgIpc) is 2.31. The van der Waals surface area contributed by atoms with Crippen molar-refractivity contribution in [3.8, 4) is 12.3 Å². The van der Waals surface area contributed by atoms with Gasteiger partial charge in [0, 0.05) is 13.1 Å². The molecule has 1 fully saturated rings. The summed E-state index contributed by atoms with van der Waals surface area (Å²) in [7, 11) is 0. The van der Waals surface area contributed by atoms with Crippen LogP contribution in [0.2, 0.25) is 0 Å². The van der Waals surface area contributed by atoms with Gasteiger partial charge < -0.3 is 15.3 Å². The van der Waals surface area contributed by atoms with Crippen LogP contribution in [0.3, 0.4) is 0 Å². The van der Waals surface area contributed by atoms with Gasteiger partial charge in [0.05, 0.1) is 19.5 Å². The summed E-state index contributed by atoms with van der Waals surface area (Å²) in [5, 5.41) is 14.0.